The minimum atomic E-state index is -0.419. The highest BCUT2D eigenvalue weighted by Gasteiger charge is 2.51. The van der Waals surface area contributed by atoms with Crippen molar-refractivity contribution in [2.45, 2.75) is 111 Å². The Labute approximate surface area is 273 Å². The van der Waals surface area contributed by atoms with Gasteiger partial charge in [-0.3, -0.25) is 4.90 Å². The number of anilines is 1. The number of nitrogens with zero attached hydrogens (tertiary/aromatic N) is 5. The van der Waals surface area contributed by atoms with Crippen molar-refractivity contribution in [3.8, 4) is 0 Å². The molecule has 4 aliphatic rings. The molecular weight excluding hydrogens is 580 g/mol. The number of hydrogen-bond acceptors (Lipinski definition) is 10. The first-order chi connectivity index (χ1) is 21.9. The van der Waals surface area contributed by atoms with Crippen molar-refractivity contribution < 1.29 is 18.6 Å². The molecule has 10 nitrogen and oxygen atoms in total. The highest BCUT2D eigenvalue weighted by Crippen LogP contribution is 2.60. The number of benzene rings is 1. The van der Waals surface area contributed by atoms with E-state index in [-0.39, 0.29) is 18.6 Å². The van der Waals surface area contributed by atoms with Crippen LogP contribution in [-0.2, 0) is 23.1 Å². The molecule has 46 heavy (non-hydrogen) atoms. The molecule has 1 unspecified atom stereocenters. The molecular formula is C36H52N6O4. The van der Waals surface area contributed by atoms with Crippen LogP contribution < -0.4 is 5.32 Å². The summed E-state index contributed by atoms with van der Waals surface area (Å²) < 4.78 is 16.9. The van der Waals surface area contributed by atoms with Crippen LogP contribution in [0.2, 0.25) is 0 Å². The van der Waals surface area contributed by atoms with Gasteiger partial charge in [0.15, 0.2) is 11.6 Å². The fraction of sp³-hybridized carbons (Fsp3) is 0.694. The molecule has 2 aromatic heterocycles. The third kappa shape index (κ3) is 7.32. The van der Waals surface area contributed by atoms with Crippen molar-refractivity contribution in [1.29, 1.82) is 0 Å². The van der Waals surface area contributed by atoms with Gasteiger partial charge in [-0.15, -0.1) is 0 Å². The van der Waals surface area contributed by atoms with Crippen LogP contribution in [0.4, 0.5) is 5.69 Å². The summed E-state index contributed by atoms with van der Waals surface area (Å²) in [5.74, 6) is 5.43. The van der Waals surface area contributed by atoms with Gasteiger partial charge in [0.05, 0.1) is 24.8 Å². The second kappa shape index (κ2) is 13.1. The highest BCUT2D eigenvalue weighted by atomic mass is 16.5. The fourth-order valence-electron chi connectivity index (χ4n) is 8.55. The summed E-state index contributed by atoms with van der Waals surface area (Å²) in [5, 5.41) is 11.7. The van der Waals surface area contributed by atoms with Crippen LogP contribution in [-0.4, -0.2) is 51.3 Å². The van der Waals surface area contributed by atoms with Crippen molar-refractivity contribution in [2.24, 2.45) is 29.1 Å². The van der Waals surface area contributed by atoms with Gasteiger partial charge in [0.1, 0.15) is 0 Å². The van der Waals surface area contributed by atoms with Gasteiger partial charge in [-0.25, -0.2) is 4.79 Å². The van der Waals surface area contributed by atoms with Crippen LogP contribution in [0.5, 0.6) is 0 Å². The molecule has 0 radical (unpaired) electrons. The maximum atomic E-state index is 13.1. The van der Waals surface area contributed by atoms with E-state index in [1.807, 2.05) is 19.1 Å². The molecule has 0 saturated heterocycles. The third-order valence-electron chi connectivity index (χ3n) is 10.8. The van der Waals surface area contributed by atoms with Crippen LogP contribution in [0, 0.1) is 36.0 Å². The Bertz CT molecular complexity index is 1470. The minimum Gasteiger partial charge on any atom is -0.462 e. The van der Waals surface area contributed by atoms with Crippen LogP contribution in [0.25, 0.3) is 0 Å². The number of carbonyl (C=O) groups is 1. The maximum absolute atomic E-state index is 13.1. The fourth-order valence-corrected chi connectivity index (χ4v) is 8.55. The van der Waals surface area contributed by atoms with E-state index >= 15 is 0 Å². The van der Waals surface area contributed by atoms with Gasteiger partial charge in [-0.2, -0.15) is 9.97 Å². The zero-order valence-corrected chi connectivity index (χ0v) is 28.8. The molecule has 0 spiro atoms. The zero-order valence-electron chi connectivity index (χ0n) is 28.8. The average molecular weight is 633 g/mol. The predicted molar refractivity (Wildman–Crippen MR) is 175 cm³/mol. The Morgan fingerprint density at radius 2 is 1.76 bits per heavy atom. The van der Waals surface area contributed by atoms with Crippen LogP contribution in [0.15, 0.2) is 27.2 Å². The summed E-state index contributed by atoms with van der Waals surface area (Å²) in [7, 11) is 2.21. The van der Waals surface area contributed by atoms with Crippen molar-refractivity contribution in [1.82, 2.24) is 25.2 Å². The van der Waals surface area contributed by atoms with E-state index in [2.05, 4.69) is 67.2 Å². The molecule has 0 amide bonds. The number of nitrogens with one attached hydrogen (secondary N) is 1. The number of hydrogen-bond donors (Lipinski definition) is 1. The standard InChI is InChI=1S/C36H52N6O4/c1-22(2)12-30-38-31(45-40-30)20-37-28-9-8-23(3)29(16-28)33(43)44-11-10-35(5,6)34-39-32(46-41-34)24(4)42(7)21-36-17-25-13-26(18-36)15-27(14-25)19-36/h8-9,16,22,24-27,37H,10-15,17-21H2,1-7H3. The summed E-state index contributed by atoms with van der Waals surface area (Å²) in [5.41, 5.74) is 2.19. The van der Waals surface area contributed by atoms with Crippen LogP contribution in [0.3, 0.4) is 0 Å². The smallest absolute Gasteiger partial charge is 0.338 e. The number of aromatic nitrogens is 4. The Morgan fingerprint density at radius 1 is 1.07 bits per heavy atom. The van der Waals surface area contributed by atoms with Gasteiger partial charge in [-0.05, 0) is 113 Å². The summed E-state index contributed by atoms with van der Waals surface area (Å²) in [4.78, 5) is 24.8. The summed E-state index contributed by atoms with van der Waals surface area (Å²) in [6, 6.07) is 5.69. The molecule has 4 aliphatic carbocycles. The van der Waals surface area contributed by atoms with Gasteiger partial charge in [0.2, 0.25) is 11.8 Å². The van der Waals surface area contributed by atoms with E-state index in [1.54, 1.807) is 6.07 Å². The van der Waals surface area contributed by atoms with Gasteiger partial charge in [-0.1, -0.05) is 44.1 Å². The highest BCUT2D eigenvalue weighted by molar-refractivity contribution is 5.92. The molecule has 1 aromatic carbocycles. The predicted octanol–water partition coefficient (Wildman–Crippen LogP) is 7.31. The lowest BCUT2D eigenvalue weighted by molar-refractivity contribution is -0.0713. The lowest BCUT2D eigenvalue weighted by Crippen LogP contribution is -2.50. The van der Waals surface area contributed by atoms with Crippen LogP contribution >= 0.6 is 0 Å². The molecule has 10 heteroatoms. The Morgan fingerprint density at radius 3 is 2.43 bits per heavy atom. The Balaban J connectivity index is 0.998. The zero-order chi connectivity index (χ0) is 32.6. The molecule has 4 fully saturated rings. The van der Waals surface area contributed by atoms with Crippen molar-refractivity contribution in [3.05, 3.63) is 52.8 Å². The number of esters is 1. The molecule has 250 valence electrons. The second-order valence-corrected chi connectivity index (χ2v) is 15.8. The molecule has 2 heterocycles. The van der Waals surface area contributed by atoms with Crippen LogP contribution in [0.1, 0.15) is 125 Å². The van der Waals surface area contributed by atoms with E-state index in [4.69, 9.17) is 18.8 Å². The molecule has 1 N–H and O–H groups in total. The summed E-state index contributed by atoms with van der Waals surface area (Å²) in [6.07, 6.45) is 9.88. The van der Waals surface area contributed by atoms with Crippen molar-refractivity contribution in [2.75, 3.05) is 25.5 Å². The average Bonchev–Trinajstić information content (AvgIpc) is 3.65. The van der Waals surface area contributed by atoms with Gasteiger partial charge < -0.3 is 19.1 Å². The molecule has 4 saturated carbocycles. The Hall–Kier alpha value is -3.27. The van der Waals surface area contributed by atoms with E-state index in [0.717, 1.165) is 42.0 Å². The van der Waals surface area contributed by atoms with Gasteiger partial charge in [0.25, 0.3) is 0 Å². The van der Waals surface area contributed by atoms with E-state index in [0.29, 0.717) is 53.3 Å². The monoisotopic (exact) mass is 632 g/mol. The number of rotatable bonds is 14. The first-order valence-electron chi connectivity index (χ1n) is 17.3. The SMILES string of the molecule is Cc1ccc(NCc2nc(CC(C)C)no2)cc1C(=O)OCCC(C)(C)c1noc(C(C)N(C)CC23CC4CC(CC(C4)C2)C3)n1. The minimum absolute atomic E-state index is 0.0497. The Kier molecular flexibility index (Phi) is 9.29. The maximum Gasteiger partial charge on any atom is 0.338 e. The first kappa shape index (κ1) is 32.7. The summed E-state index contributed by atoms with van der Waals surface area (Å²) in [6.45, 7) is 14.2. The number of aryl methyl sites for hydroxylation is 1. The van der Waals surface area contributed by atoms with Gasteiger partial charge in [0, 0.05) is 24.1 Å². The van der Waals surface area contributed by atoms with E-state index < -0.39 is 5.41 Å². The second-order valence-electron chi connectivity index (χ2n) is 15.8. The van der Waals surface area contributed by atoms with Crippen molar-refractivity contribution in [3.63, 3.8) is 0 Å². The molecule has 4 bridgehead atoms. The van der Waals surface area contributed by atoms with Gasteiger partial charge >= 0.3 is 5.97 Å². The largest absolute Gasteiger partial charge is 0.462 e. The van der Waals surface area contributed by atoms with E-state index in [1.165, 1.54) is 38.5 Å². The topological polar surface area (TPSA) is 119 Å². The number of carbonyl (C=O) groups excluding carboxylic acids is 1. The molecule has 0 aliphatic heterocycles. The molecule has 3 aromatic rings. The first-order valence-corrected chi connectivity index (χ1v) is 17.3. The summed E-state index contributed by atoms with van der Waals surface area (Å²) >= 11 is 0. The molecule has 1 atom stereocenters. The molecule has 7 rings (SSSR count). The normalized spacial score (nSPS) is 24.6. The van der Waals surface area contributed by atoms with E-state index in [9.17, 15) is 4.79 Å². The quantitative estimate of drug-likeness (QED) is 0.181. The van der Waals surface area contributed by atoms with Crippen molar-refractivity contribution >= 4 is 11.7 Å². The lowest BCUT2D eigenvalue weighted by Gasteiger charge is -2.58. The lowest BCUT2D eigenvalue weighted by atomic mass is 9.49. The number of ether oxygens (including phenoxy) is 1. The third-order valence-corrected chi connectivity index (χ3v) is 10.8.